The van der Waals surface area contributed by atoms with Gasteiger partial charge in [-0.05, 0) is 0 Å². The minimum Gasteiger partial charge on any atom is -0.464 e. The molecule has 0 spiro atoms. The number of carbonyl (C=O) groups is 1. The highest BCUT2D eigenvalue weighted by Gasteiger charge is 2.38. The number of halogens is 3. The van der Waals surface area contributed by atoms with E-state index in [2.05, 4.69) is 15.0 Å². The van der Waals surface area contributed by atoms with Gasteiger partial charge in [-0.25, -0.2) is 9.78 Å². The first-order valence-corrected chi connectivity index (χ1v) is 6.37. The lowest BCUT2D eigenvalue weighted by Gasteiger charge is -2.28. The van der Waals surface area contributed by atoms with E-state index in [1.165, 1.54) is 0 Å². The van der Waals surface area contributed by atoms with Crippen LogP contribution in [-0.4, -0.2) is 44.2 Å². The summed E-state index contributed by atoms with van der Waals surface area (Å²) in [5.74, 6) is -0.847. The molecule has 0 aromatic carbocycles. The largest absolute Gasteiger partial charge is 0.464 e. The summed E-state index contributed by atoms with van der Waals surface area (Å²) in [7, 11) is 1.12. The first-order chi connectivity index (χ1) is 8.93. The average molecular weight is 295 g/mol. The molecule has 0 amide bonds. The van der Waals surface area contributed by atoms with Gasteiger partial charge in [0.05, 0.1) is 7.11 Å². The Morgan fingerprint density at radius 1 is 1.42 bits per heavy atom. The molecule has 1 aromatic rings. The summed E-state index contributed by atoms with van der Waals surface area (Å²) in [5, 5.41) is 2.28. The van der Waals surface area contributed by atoms with Crippen LogP contribution in [0.15, 0.2) is 0 Å². The number of anilines is 1. The molecule has 0 saturated carbocycles. The van der Waals surface area contributed by atoms with Gasteiger partial charge in [0.15, 0.2) is 5.69 Å². The number of hydrogen-bond donors (Lipinski definition) is 1. The van der Waals surface area contributed by atoms with Gasteiger partial charge in [0.25, 0.3) is 0 Å². The first-order valence-electron chi connectivity index (χ1n) is 5.55. The van der Waals surface area contributed by atoms with Crippen LogP contribution in [0.2, 0.25) is 0 Å². The molecule has 0 bridgehead atoms. The summed E-state index contributed by atoms with van der Waals surface area (Å²) in [5.41, 5.74) is -0.262. The van der Waals surface area contributed by atoms with Gasteiger partial charge in [0.2, 0.25) is 5.01 Å². The quantitative estimate of drug-likeness (QED) is 0.835. The number of piperazine rings is 1. The first kappa shape index (κ1) is 14.1. The van der Waals surface area contributed by atoms with E-state index in [1.54, 1.807) is 4.90 Å². The van der Waals surface area contributed by atoms with Gasteiger partial charge in [-0.2, -0.15) is 13.2 Å². The van der Waals surface area contributed by atoms with Gasteiger partial charge in [-0.1, -0.05) is 11.3 Å². The summed E-state index contributed by atoms with van der Waals surface area (Å²) < 4.78 is 42.5. The van der Waals surface area contributed by atoms with Crippen molar-refractivity contribution in [1.82, 2.24) is 10.3 Å². The molecule has 0 atom stereocenters. The van der Waals surface area contributed by atoms with E-state index in [9.17, 15) is 18.0 Å². The standard InChI is InChI=1S/C10H12F3N3O2S/c1-18-8(17)6-7(16-4-2-14-3-5-16)19-9(15-6)10(11,12)13/h14H,2-5H2,1H3. The molecule has 5 nitrogen and oxygen atoms in total. The van der Waals surface area contributed by atoms with Crippen molar-refractivity contribution in [2.45, 2.75) is 6.18 Å². The fourth-order valence-electron chi connectivity index (χ4n) is 1.75. The van der Waals surface area contributed by atoms with Gasteiger partial charge in [-0.3, -0.25) is 0 Å². The van der Waals surface area contributed by atoms with Crippen molar-refractivity contribution in [2.24, 2.45) is 0 Å². The average Bonchev–Trinajstić information content (AvgIpc) is 2.83. The van der Waals surface area contributed by atoms with Crippen LogP contribution in [0.4, 0.5) is 18.2 Å². The lowest BCUT2D eigenvalue weighted by molar-refractivity contribution is -0.137. The highest BCUT2D eigenvalue weighted by Crippen LogP contribution is 2.38. The maximum Gasteiger partial charge on any atom is 0.443 e. The van der Waals surface area contributed by atoms with E-state index in [4.69, 9.17) is 0 Å². The minimum atomic E-state index is -4.56. The van der Waals surface area contributed by atoms with Gasteiger partial charge in [-0.15, -0.1) is 0 Å². The Kier molecular flexibility index (Phi) is 3.95. The van der Waals surface area contributed by atoms with Gasteiger partial charge >= 0.3 is 12.1 Å². The number of ether oxygens (including phenoxy) is 1. The number of nitrogens with zero attached hydrogens (tertiary/aromatic N) is 2. The second kappa shape index (κ2) is 5.33. The van der Waals surface area contributed by atoms with E-state index in [0.29, 0.717) is 37.5 Å². The fourth-order valence-corrected chi connectivity index (χ4v) is 2.72. The zero-order valence-corrected chi connectivity index (χ0v) is 10.9. The molecule has 1 aliphatic heterocycles. The van der Waals surface area contributed by atoms with Gasteiger partial charge in [0.1, 0.15) is 5.00 Å². The highest BCUT2D eigenvalue weighted by molar-refractivity contribution is 7.16. The van der Waals surface area contributed by atoms with Crippen molar-refractivity contribution in [1.29, 1.82) is 0 Å². The number of aromatic nitrogens is 1. The Labute approximate surface area is 111 Å². The van der Waals surface area contributed by atoms with Crippen molar-refractivity contribution >= 4 is 22.3 Å². The molecule has 1 fully saturated rings. The molecule has 106 valence electrons. The van der Waals surface area contributed by atoms with E-state index < -0.39 is 17.2 Å². The van der Waals surface area contributed by atoms with Crippen LogP contribution in [-0.2, 0) is 10.9 Å². The topological polar surface area (TPSA) is 54.5 Å². The molecule has 0 radical (unpaired) electrons. The zero-order chi connectivity index (χ0) is 14.0. The number of carbonyl (C=O) groups excluding carboxylic acids is 1. The third-order valence-corrected chi connectivity index (χ3v) is 3.80. The molecule has 1 aromatic heterocycles. The SMILES string of the molecule is COC(=O)c1nc(C(F)(F)F)sc1N1CCNCC1. The molecular formula is C10H12F3N3O2S. The molecule has 1 N–H and O–H groups in total. The molecular weight excluding hydrogens is 283 g/mol. The van der Waals surface area contributed by atoms with Crippen LogP contribution in [0.25, 0.3) is 0 Å². The van der Waals surface area contributed by atoms with Crippen molar-refractivity contribution < 1.29 is 22.7 Å². The zero-order valence-electron chi connectivity index (χ0n) is 10.1. The molecule has 2 heterocycles. The van der Waals surface area contributed by atoms with Crippen LogP contribution in [0, 0.1) is 0 Å². The summed E-state index contributed by atoms with van der Waals surface area (Å²) in [4.78, 5) is 16.6. The molecule has 2 rings (SSSR count). The third kappa shape index (κ3) is 2.98. The van der Waals surface area contributed by atoms with Crippen LogP contribution >= 0.6 is 11.3 Å². The smallest absolute Gasteiger partial charge is 0.443 e. The van der Waals surface area contributed by atoms with Crippen LogP contribution in [0.1, 0.15) is 15.5 Å². The van der Waals surface area contributed by atoms with Crippen molar-refractivity contribution in [3.8, 4) is 0 Å². The van der Waals surface area contributed by atoms with Gasteiger partial charge < -0.3 is 15.0 Å². The molecule has 1 saturated heterocycles. The summed E-state index contributed by atoms with van der Waals surface area (Å²) >= 11 is 0.478. The molecule has 9 heteroatoms. The lowest BCUT2D eigenvalue weighted by atomic mass is 10.3. The molecule has 1 aliphatic rings. The van der Waals surface area contributed by atoms with Crippen molar-refractivity contribution in [2.75, 3.05) is 38.2 Å². The van der Waals surface area contributed by atoms with E-state index in [1.807, 2.05) is 0 Å². The Hall–Kier alpha value is -1.35. The third-order valence-electron chi connectivity index (χ3n) is 2.63. The summed E-state index contributed by atoms with van der Waals surface area (Å²) in [6, 6.07) is 0. The predicted molar refractivity (Wildman–Crippen MR) is 63.5 cm³/mol. The number of alkyl halides is 3. The second-order valence-electron chi connectivity index (χ2n) is 3.90. The van der Waals surface area contributed by atoms with Crippen LogP contribution < -0.4 is 10.2 Å². The monoisotopic (exact) mass is 295 g/mol. The van der Waals surface area contributed by atoms with Crippen molar-refractivity contribution in [3.63, 3.8) is 0 Å². The van der Waals surface area contributed by atoms with Crippen molar-refractivity contribution in [3.05, 3.63) is 10.7 Å². The number of nitrogens with one attached hydrogen (secondary N) is 1. The van der Waals surface area contributed by atoms with E-state index in [-0.39, 0.29) is 10.7 Å². The Bertz CT molecular complexity index is 469. The minimum absolute atomic E-state index is 0.223. The van der Waals surface area contributed by atoms with E-state index >= 15 is 0 Å². The summed E-state index contributed by atoms with van der Waals surface area (Å²) in [6.45, 7) is 2.37. The normalized spacial score (nSPS) is 16.5. The Morgan fingerprint density at radius 3 is 2.58 bits per heavy atom. The molecule has 19 heavy (non-hydrogen) atoms. The number of hydrogen-bond acceptors (Lipinski definition) is 6. The fraction of sp³-hybridized carbons (Fsp3) is 0.600. The number of esters is 1. The predicted octanol–water partition coefficient (Wildman–Crippen LogP) is 1.36. The highest BCUT2D eigenvalue weighted by atomic mass is 32.1. The number of rotatable bonds is 2. The Morgan fingerprint density at radius 2 is 2.05 bits per heavy atom. The van der Waals surface area contributed by atoms with E-state index in [0.717, 1.165) is 7.11 Å². The maximum absolute atomic E-state index is 12.7. The van der Waals surface area contributed by atoms with Crippen LogP contribution in [0.3, 0.4) is 0 Å². The molecule has 0 aliphatic carbocycles. The Balaban J connectivity index is 2.38. The summed E-state index contributed by atoms with van der Waals surface area (Å²) in [6.07, 6.45) is -4.56. The lowest BCUT2D eigenvalue weighted by Crippen LogP contribution is -2.43. The second-order valence-corrected chi connectivity index (χ2v) is 4.88. The maximum atomic E-state index is 12.7. The molecule has 0 unspecified atom stereocenters. The number of methoxy groups -OCH3 is 1. The van der Waals surface area contributed by atoms with Crippen LogP contribution in [0.5, 0.6) is 0 Å². The van der Waals surface area contributed by atoms with Gasteiger partial charge in [0, 0.05) is 26.2 Å². The number of thiazole rings is 1.